The van der Waals surface area contributed by atoms with E-state index >= 15 is 0 Å². The lowest BCUT2D eigenvalue weighted by Crippen LogP contribution is -2.44. The maximum Gasteiger partial charge on any atom is 0.159 e. The second-order valence-corrected chi connectivity index (χ2v) is 14.8. The first-order valence-corrected chi connectivity index (χ1v) is 19.4. The van der Waals surface area contributed by atoms with Crippen LogP contribution >= 0.6 is 0 Å². The summed E-state index contributed by atoms with van der Waals surface area (Å²) in [5, 5.41) is 14.1. The summed E-state index contributed by atoms with van der Waals surface area (Å²) in [7, 11) is 0. The minimum Gasteiger partial charge on any atom is -0.455 e. The van der Waals surface area contributed by atoms with E-state index in [1.54, 1.807) is 0 Å². The Morgan fingerprint density at radius 3 is 1.86 bits per heavy atom. The number of aromatic nitrogens is 1. The van der Waals surface area contributed by atoms with Crippen molar-refractivity contribution in [1.82, 2.24) is 15.2 Å². The Kier molecular flexibility index (Phi) is 7.03. The predicted molar refractivity (Wildman–Crippen MR) is 232 cm³/mol. The first-order valence-electron chi connectivity index (χ1n) is 19.4. The van der Waals surface area contributed by atoms with Crippen LogP contribution in [-0.2, 0) is 0 Å². The van der Waals surface area contributed by atoms with Crippen molar-refractivity contribution in [3.8, 4) is 16.8 Å². The minimum absolute atomic E-state index is 0.112. The van der Waals surface area contributed by atoms with Crippen LogP contribution in [0.5, 0.6) is 0 Å². The van der Waals surface area contributed by atoms with Gasteiger partial charge < -0.3 is 18.7 Å². The molecule has 0 aliphatic carbocycles. The van der Waals surface area contributed by atoms with Crippen LogP contribution in [0.1, 0.15) is 29.0 Å². The Bertz CT molecular complexity index is 3320. The molecule has 2 N–H and O–H groups in total. The number of hydrogen-bond acceptors (Lipinski definition) is 5. The molecular formula is C51H34N4O2. The molecule has 0 saturated heterocycles. The Morgan fingerprint density at radius 1 is 0.456 bits per heavy atom. The van der Waals surface area contributed by atoms with Gasteiger partial charge in [0.25, 0.3) is 0 Å². The molecule has 0 spiro atoms. The van der Waals surface area contributed by atoms with Crippen LogP contribution in [0.15, 0.2) is 196 Å². The van der Waals surface area contributed by atoms with Gasteiger partial charge in [0, 0.05) is 43.4 Å². The summed E-state index contributed by atoms with van der Waals surface area (Å²) in [4.78, 5) is 5.19. The van der Waals surface area contributed by atoms with Crippen molar-refractivity contribution in [2.45, 2.75) is 12.3 Å². The van der Waals surface area contributed by atoms with Gasteiger partial charge in [0.05, 0.1) is 16.7 Å². The van der Waals surface area contributed by atoms with Crippen LogP contribution in [0, 0.1) is 0 Å². The summed E-state index contributed by atoms with van der Waals surface area (Å²) >= 11 is 0. The lowest BCUT2D eigenvalue weighted by Gasteiger charge is -2.32. The molecule has 11 aromatic rings. The SMILES string of the molecule is c1ccc(C2N=C(c3ccc4oc5c(-c6ccc7c(c6)oc6c(-n8c9ccccc9c9ccccc98)cccc67)cccc5c4c3)NC(c3ccccc3)N2)cc1. The fraction of sp³-hybridized carbons (Fsp3) is 0.0392. The third-order valence-corrected chi connectivity index (χ3v) is 11.5. The number of para-hydroxylation sites is 4. The predicted octanol–water partition coefficient (Wildman–Crippen LogP) is 12.6. The first kappa shape index (κ1) is 31.9. The average Bonchev–Trinajstić information content (AvgIpc) is 3.96. The van der Waals surface area contributed by atoms with Crippen molar-refractivity contribution in [3.63, 3.8) is 0 Å². The van der Waals surface area contributed by atoms with Gasteiger partial charge in [-0.3, -0.25) is 5.32 Å². The molecule has 12 rings (SSSR count). The summed E-state index contributed by atoms with van der Waals surface area (Å²) in [6.45, 7) is 0. The number of fused-ring (bicyclic) bond motifs is 9. The van der Waals surface area contributed by atoms with Gasteiger partial charge in [0.2, 0.25) is 0 Å². The number of nitrogens with zero attached hydrogens (tertiary/aromatic N) is 2. The zero-order valence-corrected chi connectivity index (χ0v) is 30.7. The maximum absolute atomic E-state index is 6.83. The Hall–Kier alpha value is -7.41. The van der Waals surface area contributed by atoms with Gasteiger partial charge in [-0.15, -0.1) is 0 Å². The first-order chi connectivity index (χ1) is 28.2. The van der Waals surface area contributed by atoms with Crippen LogP contribution < -0.4 is 10.6 Å². The standard InChI is InChI=1S/C51H34N4O2/c1-3-13-31(14-4-1)49-52-50(32-15-5-2-6-16-32)54-51(53-49)34-26-28-45-41(29-34)40-20-11-19-35(47(40)56-45)33-25-27-38-39-21-12-24-44(48(39)57-46(38)30-33)55-42-22-9-7-17-36(42)37-18-8-10-23-43(37)55/h1-30,49-50,52H,(H,53,54). The van der Waals surface area contributed by atoms with Gasteiger partial charge in [0.15, 0.2) is 5.58 Å². The van der Waals surface area contributed by atoms with E-state index in [2.05, 4.69) is 185 Å². The molecule has 270 valence electrons. The maximum atomic E-state index is 6.83. The fourth-order valence-electron chi connectivity index (χ4n) is 8.81. The van der Waals surface area contributed by atoms with E-state index < -0.39 is 0 Å². The van der Waals surface area contributed by atoms with Crippen molar-refractivity contribution >= 4 is 71.5 Å². The number of rotatable bonds is 5. The highest BCUT2D eigenvalue weighted by molar-refractivity contribution is 6.15. The van der Waals surface area contributed by atoms with Crippen molar-refractivity contribution in [1.29, 1.82) is 0 Å². The van der Waals surface area contributed by atoms with E-state index in [0.29, 0.717) is 0 Å². The summed E-state index contributed by atoms with van der Waals surface area (Å²) in [5.74, 6) is 0.833. The Morgan fingerprint density at radius 2 is 1.09 bits per heavy atom. The molecule has 6 nitrogen and oxygen atoms in total. The van der Waals surface area contributed by atoms with E-state index in [1.165, 1.54) is 10.8 Å². The van der Waals surface area contributed by atoms with Gasteiger partial charge in [-0.2, -0.15) is 0 Å². The summed E-state index contributed by atoms with van der Waals surface area (Å²) in [6, 6.07) is 63.7. The smallest absolute Gasteiger partial charge is 0.159 e. The van der Waals surface area contributed by atoms with E-state index in [9.17, 15) is 0 Å². The van der Waals surface area contributed by atoms with Gasteiger partial charge in [0.1, 0.15) is 34.9 Å². The van der Waals surface area contributed by atoms with Crippen LogP contribution in [0.2, 0.25) is 0 Å². The van der Waals surface area contributed by atoms with Crippen molar-refractivity contribution in [3.05, 3.63) is 199 Å². The molecular weight excluding hydrogens is 701 g/mol. The number of furan rings is 2. The van der Waals surface area contributed by atoms with Crippen molar-refractivity contribution in [2.24, 2.45) is 4.99 Å². The zero-order chi connectivity index (χ0) is 37.5. The second-order valence-electron chi connectivity index (χ2n) is 14.8. The molecule has 0 saturated carbocycles. The molecule has 2 unspecified atom stereocenters. The molecule has 6 heteroatoms. The molecule has 4 heterocycles. The largest absolute Gasteiger partial charge is 0.455 e. The Balaban J connectivity index is 0.961. The quantitative estimate of drug-likeness (QED) is 0.185. The van der Waals surface area contributed by atoms with Crippen LogP contribution in [0.4, 0.5) is 0 Å². The molecule has 0 bridgehead atoms. The number of nitrogens with one attached hydrogen (secondary N) is 2. The molecule has 0 radical (unpaired) electrons. The molecule has 3 aromatic heterocycles. The third-order valence-electron chi connectivity index (χ3n) is 11.5. The van der Waals surface area contributed by atoms with Crippen LogP contribution in [0.25, 0.3) is 82.5 Å². The van der Waals surface area contributed by atoms with Gasteiger partial charge in [-0.1, -0.05) is 133 Å². The molecule has 57 heavy (non-hydrogen) atoms. The van der Waals surface area contributed by atoms with Crippen LogP contribution in [-0.4, -0.2) is 10.4 Å². The lowest BCUT2D eigenvalue weighted by atomic mass is 10.00. The highest BCUT2D eigenvalue weighted by Gasteiger charge is 2.26. The van der Waals surface area contributed by atoms with E-state index in [4.69, 9.17) is 13.8 Å². The lowest BCUT2D eigenvalue weighted by molar-refractivity contribution is 0.409. The van der Waals surface area contributed by atoms with E-state index in [0.717, 1.165) is 94.3 Å². The van der Waals surface area contributed by atoms with E-state index in [1.807, 2.05) is 12.1 Å². The number of hydrogen-bond donors (Lipinski definition) is 2. The molecule has 2 atom stereocenters. The second kappa shape index (κ2) is 12.6. The van der Waals surface area contributed by atoms with Crippen molar-refractivity contribution < 1.29 is 8.83 Å². The molecule has 8 aromatic carbocycles. The minimum atomic E-state index is -0.206. The van der Waals surface area contributed by atoms with Gasteiger partial charge >= 0.3 is 0 Å². The number of amidine groups is 1. The zero-order valence-electron chi connectivity index (χ0n) is 30.7. The molecule has 1 aliphatic heterocycles. The highest BCUT2D eigenvalue weighted by atomic mass is 16.3. The summed E-state index contributed by atoms with van der Waals surface area (Å²) in [6.07, 6.45) is -0.319. The highest BCUT2D eigenvalue weighted by Crippen LogP contribution is 2.41. The van der Waals surface area contributed by atoms with Gasteiger partial charge in [-0.05, 0) is 65.2 Å². The number of aliphatic imine (C=N–C) groups is 1. The van der Waals surface area contributed by atoms with Crippen molar-refractivity contribution in [2.75, 3.05) is 0 Å². The molecule has 1 aliphatic rings. The molecule has 0 amide bonds. The summed E-state index contributed by atoms with van der Waals surface area (Å²) < 4.78 is 15.8. The monoisotopic (exact) mass is 734 g/mol. The van der Waals surface area contributed by atoms with E-state index in [-0.39, 0.29) is 12.3 Å². The normalized spacial score (nSPS) is 15.9. The summed E-state index contributed by atoms with van der Waals surface area (Å²) in [5.41, 5.74) is 12.0. The number of benzene rings is 8. The fourth-order valence-corrected chi connectivity index (χ4v) is 8.81. The Labute approximate surface area is 327 Å². The van der Waals surface area contributed by atoms with Gasteiger partial charge in [-0.25, -0.2) is 4.99 Å². The average molecular weight is 735 g/mol. The topological polar surface area (TPSA) is 67.6 Å². The van der Waals surface area contributed by atoms with Crippen LogP contribution in [0.3, 0.4) is 0 Å². The third kappa shape index (κ3) is 5.04. The molecule has 0 fully saturated rings.